The normalized spacial score (nSPS) is 17.0. The largest absolute Gasteiger partial charge is 0.439 e. The van der Waals surface area contributed by atoms with Crippen LogP contribution in [0.3, 0.4) is 0 Å². The molecule has 0 spiro atoms. The average Bonchev–Trinajstić information content (AvgIpc) is 3.16. The number of hydrogen-bond donors (Lipinski definition) is 1. The zero-order valence-electron chi connectivity index (χ0n) is 15.9. The number of nitrogens with one attached hydrogen (secondary N) is 1. The molecule has 0 unspecified atom stereocenters. The molecule has 1 atom stereocenters. The number of fused-ring (bicyclic) bond motifs is 1. The van der Waals surface area contributed by atoms with Gasteiger partial charge < -0.3 is 19.4 Å². The number of aromatic nitrogens is 2. The fourth-order valence-electron chi connectivity index (χ4n) is 3.42. The predicted octanol–water partition coefficient (Wildman–Crippen LogP) is 3.42. The van der Waals surface area contributed by atoms with Crippen molar-refractivity contribution in [2.75, 3.05) is 13.1 Å². The lowest BCUT2D eigenvalue weighted by molar-refractivity contribution is -0.00172. The van der Waals surface area contributed by atoms with Crippen molar-refractivity contribution in [1.82, 2.24) is 20.2 Å². The maximum Gasteiger partial charge on any atom is 0.317 e. The van der Waals surface area contributed by atoms with E-state index in [1.807, 2.05) is 43.3 Å². The van der Waals surface area contributed by atoms with Gasteiger partial charge in [0.25, 0.3) is 0 Å². The van der Waals surface area contributed by atoms with Gasteiger partial charge in [0.05, 0.1) is 24.9 Å². The molecule has 1 saturated heterocycles. The maximum atomic E-state index is 12.6. The van der Waals surface area contributed by atoms with Gasteiger partial charge in [-0.1, -0.05) is 18.2 Å². The topological polar surface area (TPSA) is 80.5 Å². The molecule has 146 valence electrons. The number of pyridine rings is 1. The first-order chi connectivity index (χ1) is 13.7. The van der Waals surface area contributed by atoms with Crippen LogP contribution in [0.5, 0.6) is 0 Å². The van der Waals surface area contributed by atoms with Crippen LogP contribution in [0.25, 0.3) is 11.1 Å². The molecule has 3 heterocycles. The molecule has 1 aromatic carbocycles. The van der Waals surface area contributed by atoms with Gasteiger partial charge in [-0.25, -0.2) is 9.78 Å². The second-order valence-corrected chi connectivity index (χ2v) is 7.03. The molecule has 0 bridgehead atoms. The Morgan fingerprint density at radius 1 is 1.32 bits per heavy atom. The molecule has 1 aliphatic heterocycles. The highest BCUT2D eigenvalue weighted by molar-refractivity contribution is 5.77. The molecular weight excluding hydrogens is 356 g/mol. The summed E-state index contributed by atoms with van der Waals surface area (Å²) in [5.41, 5.74) is 3.54. The summed E-state index contributed by atoms with van der Waals surface area (Å²) in [4.78, 5) is 23.1. The Kier molecular flexibility index (Phi) is 5.53. The number of rotatable bonds is 5. The van der Waals surface area contributed by atoms with Crippen molar-refractivity contribution in [1.29, 1.82) is 0 Å². The summed E-state index contributed by atoms with van der Waals surface area (Å²) in [6, 6.07) is 11.5. The van der Waals surface area contributed by atoms with Gasteiger partial charge in [-0.05, 0) is 43.5 Å². The minimum atomic E-state index is -0.120. The summed E-state index contributed by atoms with van der Waals surface area (Å²) >= 11 is 0. The van der Waals surface area contributed by atoms with E-state index in [0.29, 0.717) is 19.0 Å². The predicted molar refractivity (Wildman–Crippen MR) is 105 cm³/mol. The average molecular weight is 380 g/mol. The summed E-state index contributed by atoms with van der Waals surface area (Å²) in [5.74, 6) is 0.512. The van der Waals surface area contributed by atoms with Crippen LogP contribution in [0.1, 0.15) is 30.0 Å². The molecule has 7 heteroatoms. The molecule has 7 nitrogen and oxygen atoms in total. The zero-order chi connectivity index (χ0) is 19.3. The SMILES string of the molecule is Cc1cccc2oc(CNC(=O)N3CCC[C@@H](OCc4ccccn4)C3)nc12. The lowest BCUT2D eigenvalue weighted by atomic mass is 10.1. The number of aryl methyl sites for hydroxylation is 1. The summed E-state index contributed by atoms with van der Waals surface area (Å²) in [6.07, 6.45) is 3.64. The first kappa shape index (κ1) is 18.4. The van der Waals surface area contributed by atoms with Crippen LogP contribution in [0, 0.1) is 6.92 Å². The number of nitrogens with zero attached hydrogens (tertiary/aromatic N) is 3. The van der Waals surface area contributed by atoms with E-state index < -0.39 is 0 Å². The van der Waals surface area contributed by atoms with Crippen LogP contribution >= 0.6 is 0 Å². The Balaban J connectivity index is 1.29. The van der Waals surface area contributed by atoms with Gasteiger partial charge in [0.2, 0.25) is 5.89 Å². The molecule has 1 fully saturated rings. The summed E-state index contributed by atoms with van der Waals surface area (Å²) in [6.45, 7) is 4.02. The number of hydrogen-bond acceptors (Lipinski definition) is 5. The molecule has 1 N–H and O–H groups in total. The minimum absolute atomic E-state index is 0.0217. The van der Waals surface area contributed by atoms with Crippen molar-refractivity contribution in [2.45, 2.75) is 39.0 Å². The highest BCUT2D eigenvalue weighted by Crippen LogP contribution is 2.19. The van der Waals surface area contributed by atoms with E-state index in [1.165, 1.54) is 0 Å². The van der Waals surface area contributed by atoms with Crippen molar-refractivity contribution in [3.8, 4) is 0 Å². The second-order valence-electron chi connectivity index (χ2n) is 7.03. The number of likely N-dealkylation sites (tertiary alicyclic amines) is 1. The van der Waals surface area contributed by atoms with E-state index in [2.05, 4.69) is 15.3 Å². The Bertz CT molecular complexity index is 941. The van der Waals surface area contributed by atoms with Gasteiger partial charge in [0.15, 0.2) is 5.58 Å². The number of piperidine rings is 1. The van der Waals surface area contributed by atoms with Crippen molar-refractivity contribution in [3.05, 3.63) is 59.7 Å². The molecular formula is C21H24N4O3. The Labute approximate surface area is 163 Å². The maximum absolute atomic E-state index is 12.6. The molecule has 28 heavy (non-hydrogen) atoms. The van der Waals surface area contributed by atoms with Gasteiger partial charge in [-0.15, -0.1) is 0 Å². The fourth-order valence-corrected chi connectivity index (χ4v) is 3.42. The van der Waals surface area contributed by atoms with Gasteiger partial charge in [0, 0.05) is 19.3 Å². The van der Waals surface area contributed by atoms with Crippen LogP contribution in [0.2, 0.25) is 0 Å². The van der Waals surface area contributed by atoms with Crippen LogP contribution in [-0.4, -0.2) is 40.1 Å². The third-order valence-corrected chi connectivity index (χ3v) is 4.91. The van der Waals surface area contributed by atoms with E-state index in [1.54, 1.807) is 11.1 Å². The molecule has 0 aliphatic carbocycles. The molecule has 3 aromatic rings. The summed E-state index contributed by atoms with van der Waals surface area (Å²) in [7, 11) is 0. The Morgan fingerprint density at radius 2 is 2.25 bits per heavy atom. The zero-order valence-corrected chi connectivity index (χ0v) is 15.9. The number of oxazole rings is 1. The van der Waals surface area contributed by atoms with E-state index in [4.69, 9.17) is 9.15 Å². The summed E-state index contributed by atoms with van der Waals surface area (Å²) in [5, 5.41) is 2.91. The molecule has 4 rings (SSSR count). The number of carbonyl (C=O) groups excluding carboxylic acids is 1. The standard InChI is InChI=1S/C21H24N4O3/c1-15-6-4-9-18-20(15)24-19(28-18)12-23-21(26)25-11-5-8-17(13-25)27-14-16-7-2-3-10-22-16/h2-4,6-7,9-10,17H,5,8,11-14H2,1H3,(H,23,26)/t17-/m1/s1. The Hall–Kier alpha value is -2.93. The third-order valence-electron chi connectivity index (χ3n) is 4.91. The number of ether oxygens (including phenoxy) is 1. The van der Waals surface area contributed by atoms with Gasteiger partial charge in [-0.3, -0.25) is 4.98 Å². The smallest absolute Gasteiger partial charge is 0.317 e. The minimum Gasteiger partial charge on any atom is -0.439 e. The van der Waals surface area contributed by atoms with E-state index in [-0.39, 0.29) is 18.7 Å². The molecule has 2 amide bonds. The van der Waals surface area contributed by atoms with Crippen molar-refractivity contribution < 1.29 is 13.9 Å². The number of benzene rings is 1. The van der Waals surface area contributed by atoms with E-state index in [9.17, 15) is 4.79 Å². The first-order valence-corrected chi connectivity index (χ1v) is 9.58. The highest BCUT2D eigenvalue weighted by atomic mass is 16.5. The van der Waals surface area contributed by atoms with Crippen molar-refractivity contribution in [3.63, 3.8) is 0 Å². The van der Waals surface area contributed by atoms with Crippen molar-refractivity contribution in [2.24, 2.45) is 0 Å². The number of para-hydroxylation sites is 1. The van der Waals surface area contributed by atoms with Crippen LogP contribution < -0.4 is 5.32 Å². The van der Waals surface area contributed by atoms with Crippen LogP contribution in [0.4, 0.5) is 4.79 Å². The molecule has 0 radical (unpaired) electrons. The number of amides is 2. The van der Waals surface area contributed by atoms with Crippen LogP contribution in [-0.2, 0) is 17.9 Å². The summed E-state index contributed by atoms with van der Waals surface area (Å²) < 4.78 is 11.7. The van der Waals surface area contributed by atoms with Gasteiger partial charge in [-0.2, -0.15) is 0 Å². The lowest BCUT2D eigenvalue weighted by Crippen LogP contribution is -2.47. The monoisotopic (exact) mass is 380 g/mol. The van der Waals surface area contributed by atoms with Crippen molar-refractivity contribution >= 4 is 17.1 Å². The first-order valence-electron chi connectivity index (χ1n) is 9.58. The highest BCUT2D eigenvalue weighted by Gasteiger charge is 2.24. The number of urea groups is 1. The quantitative estimate of drug-likeness (QED) is 0.734. The fraction of sp³-hybridized carbons (Fsp3) is 0.381. The number of carbonyl (C=O) groups is 1. The molecule has 1 aliphatic rings. The second kappa shape index (κ2) is 8.39. The van der Waals surface area contributed by atoms with E-state index >= 15 is 0 Å². The van der Waals surface area contributed by atoms with Gasteiger partial charge in [0.1, 0.15) is 5.52 Å². The molecule has 0 saturated carbocycles. The van der Waals surface area contributed by atoms with Gasteiger partial charge >= 0.3 is 6.03 Å². The third kappa shape index (κ3) is 4.31. The van der Waals surface area contributed by atoms with Crippen LogP contribution in [0.15, 0.2) is 47.0 Å². The van der Waals surface area contributed by atoms with E-state index in [0.717, 1.165) is 41.7 Å². The lowest BCUT2D eigenvalue weighted by Gasteiger charge is -2.32. The Morgan fingerprint density at radius 3 is 3.07 bits per heavy atom. The molecule has 2 aromatic heterocycles.